The molecule has 0 saturated heterocycles. The number of carbonyl (C=O) groups is 1. The molecule has 2 unspecified atom stereocenters. The Balaban J connectivity index is 4.12. The first-order chi connectivity index (χ1) is 26.6. The van der Waals surface area contributed by atoms with Gasteiger partial charge in [0.1, 0.15) is 19.3 Å². The number of carbonyl (C=O) groups excluding carboxylic acids is 1. The Morgan fingerprint density at radius 3 is 1.20 bits per heavy atom. The highest BCUT2D eigenvalue weighted by Gasteiger charge is 2.20. The Morgan fingerprint density at radius 2 is 0.836 bits per heavy atom. The van der Waals surface area contributed by atoms with Crippen LogP contribution < -0.4 is 4.89 Å². The van der Waals surface area contributed by atoms with Crippen LogP contribution >= 0.6 is 7.82 Å². The van der Waals surface area contributed by atoms with Crippen LogP contribution in [0.5, 0.6) is 0 Å². The van der Waals surface area contributed by atoms with Crippen molar-refractivity contribution < 1.29 is 37.3 Å². The van der Waals surface area contributed by atoms with Gasteiger partial charge in [0, 0.05) is 13.0 Å². The Morgan fingerprint density at radius 1 is 0.491 bits per heavy atom. The van der Waals surface area contributed by atoms with Crippen LogP contribution in [0.2, 0.25) is 0 Å². The molecular weight excluding hydrogens is 709 g/mol. The standard InChI is InChI=1S/C46H94NO7P/c1-6-8-10-12-14-16-18-20-22-23-24-25-26-28-30-32-34-36-38-41-51-43-45(44-53-55(49,50)52-42-40-47(3,4)5)54-46(48)39-37-35-33-31-29-27-21-19-17-15-13-11-9-7-2/h45H,6-44H2,1-5H3. The maximum Gasteiger partial charge on any atom is 0.306 e. The summed E-state index contributed by atoms with van der Waals surface area (Å²) in [6.45, 7) is 5.48. The van der Waals surface area contributed by atoms with Gasteiger partial charge in [0.2, 0.25) is 0 Å². The average molecular weight is 804 g/mol. The third-order valence-corrected chi connectivity index (χ3v) is 11.6. The summed E-state index contributed by atoms with van der Waals surface area (Å²) in [4.78, 5) is 25.1. The minimum Gasteiger partial charge on any atom is -0.756 e. The van der Waals surface area contributed by atoms with E-state index in [1.54, 1.807) is 0 Å². The number of nitrogens with zero attached hydrogens (tertiary/aromatic N) is 1. The smallest absolute Gasteiger partial charge is 0.306 e. The lowest BCUT2D eigenvalue weighted by Gasteiger charge is -2.28. The van der Waals surface area contributed by atoms with Gasteiger partial charge < -0.3 is 27.9 Å². The summed E-state index contributed by atoms with van der Waals surface area (Å²) in [5.41, 5.74) is 0. The van der Waals surface area contributed by atoms with Crippen molar-refractivity contribution in [2.24, 2.45) is 0 Å². The molecule has 0 radical (unpaired) electrons. The number of hydrogen-bond acceptors (Lipinski definition) is 7. The summed E-state index contributed by atoms with van der Waals surface area (Å²) in [5.74, 6) is -0.327. The van der Waals surface area contributed by atoms with Gasteiger partial charge in [-0.3, -0.25) is 9.36 Å². The molecule has 0 fully saturated rings. The van der Waals surface area contributed by atoms with Crippen LogP contribution in [-0.4, -0.2) is 70.7 Å². The Hall–Kier alpha value is -0.500. The summed E-state index contributed by atoms with van der Waals surface area (Å²) in [6, 6.07) is 0. The van der Waals surface area contributed by atoms with E-state index in [1.807, 2.05) is 21.1 Å². The van der Waals surface area contributed by atoms with Crippen LogP contribution in [0, 0.1) is 0 Å². The van der Waals surface area contributed by atoms with Crippen molar-refractivity contribution in [3.63, 3.8) is 0 Å². The molecule has 0 bridgehead atoms. The van der Waals surface area contributed by atoms with Gasteiger partial charge in [-0.1, -0.05) is 213 Å². The van der Waals surface area contributed by atoms with Crippen LogP contribution in [0.25, 0.3) is 0 Å². The summed E-state index contributed by atoms with van der Waals surface area (Å²) < 4.78 is 34.7. The van der Waals surface area contributed by atoms with Crippen LogP contribution in [-0.2, 0) is 27.9 Å². The molecule has 2 atom stereocenters. The van der Waals surface area contributed by atoms with E-state index in [0.717, 1.165) is 32.1 Å². The first-order valence-electron chi connectivity index (χ1n) is 23.8. The Kier molecular flexibility index (Phi) is 39.9. The SMILES string of the molecule is CCCCCCCCCCCCCCCCCCCCCOCC(COP(=O)([O-])OCC[N+](C)(C)C)OC(=O)CCCCCCCCCCCCCCCC. The quantitative estimate of drug-likeness (QED) is 0.0262. The minimum atomic E-state index is -4.52. The van der Waals surface area contributed by atoms with Crippen LogP contribution in [0.3, 0.4) is 0 Å². The first-order valence-corrected chi connectivity index (χ1v) is 25.2. The molecule has 55 heavy (non-hydrogen) atoms. The fourth-order valence-corrected chi connectivity index (χ4v) is 7.69. The normalized spacial score (nSPS) is 13.6. The zero-order valence-corrected chi connectivity index (χ0v) is 38.3. The average Bonchev–Trinajstić information content (AvgIpc) is 3.13. The van der Waals surface area contributed by atoms with Gasteiger partial charge in [0.05, 0.1) is 34.4 Å². The number of phosphoric ester groups is 1. The van der Waals surface area contributed by atoms with Gasteiger partial charge in [0.25, 0.3) is 7.82 Å². The van der Waals surface area contributed by atoms with Crippen molar-refractivity contribution in [1.82, 2.24) is 0 Å². The zero-order valence-electron chi connectivity index (χ0n) is 37.4. The highest BCUT2D eigenvalue weighted by Crippen LogP contribution is 2.38. The topological polar surface area (TPSA) is 94.1 Å². The molecule has 0 N–H and O–H groups in total. The van der Waals surface area contributed by atoms with Crippen LogP contribution in [0.15, 0.2) is 0 Å². The number of likely N-dealkylation sites (N-methyl/N-ethyl adjacent to an activating group) is 1. The number of esters is 1. The van der Waals surface area contributed by atoms with E-state index in [0.29, 0.717) is 24.1 Å². The highest BCUT2D eigenvalue weighted by molar-refractivity contribution is 7.45. The van der Waals surface area contributed by atoms with Gasteiger partial charge in [0.15, 0.2) is 0 Å². The summed E-state index contributed by atoms with van der Waals surface area (Å²) in [6.07, 6.45) is 42.5. The van der Waals surface area contributed by atoms with Crippen molar-refractivity contribution in [1.29, 1.82) is 0 Å². The number of quaternary nitrogens is 1. The second-order valence-electron chi connectivity index (χ2n) is 17.5. The largest absolute Gasteiger partial charge is 0.756 e. The molecule has 0 aromatic heterocycles. The van der Waals surface area contributed by atoms with Crippen LogP contribution in [0.1, 0.15) is 232 Å². The molecule has 0 amide bonds. The molecule has 330 valence electrons. The summed E-state index contributed by atoms with van der Waals surface area (Å²) in [7, 11) is 1.38. The Bertz CT molecular complexity index is 853. The lowest BCUT2D eigenvalue weighted by molar-refractivity contribution is -0.870. The van der Waals surface area contributed by atoms with E-state index in [2.05, 4.69) is 13.8 Å². The minimum absolute atomic E-state index is 0.0315. The molecule has 0 spiro atoms. The Labute approximate surface area is 342 Å². The third-order valence-electron chi connectivity index (χ3n) is 10.7. The van der Waals surface area contributed by atoms with E-state index in [1.165, 1.54) is 180 Å². The maximum atomic E-state index is 12.7. The summed E-state index contributed by atoms with van der Waals surface area (Å²) in [5, 5.41) is 0. The van der Waals surface area contributed by atoms with Crippen LogP contribution in [0.4, 0.5) is 0 Å². The first kappa shape index (κ1) is 54.5. The molecule has 8 nitrogen and oxygen atoms in total. The molecule has 0 aliphatic rings. The van der Waals surface area contributed by atoms with Crippen molar-refractivity contribution in [3.05, 3.63) is 0 Å². The van der Waals surface area contributed by atoms with Gasteiger partial charge in [-0.2, -0.15) is 0 Å². The fourth-order valence-electron chi connectivity index (χ4n) is 6.96. The van der Waals surface area contributed by atoms with Crippen molar-refractivity contribution >= 4 is 13.8 Å². The van der Waals surface area contributed by atoms with Crippen molar-refractivity contribution in [2.75, 3.05) is 54.1 Å². The lowest BCUT2D eigenvalue weighted by Crippen LogP contribution is -2.37. The zero-order chi connectivity index (χ0) is 40.6. The number of unbranched alkanes of at least 4 members (excludes halogenated alkanes) is 31. The van der Waals surface area contributed by atoms with Gasteiger partial charge in [-0.15, -0.1) is 0 Å². The van der Waals surface area contributed by atoms with Crippen molar-refractivity contribution in [2.45, 2.75) is 238 Å². The predicted molar refractivity (Wildman–Crippen MR) is 231 cm³/mol. The van der Waals surface area contributed by atoms with E-state index in [4.69, 9.17) is 18.5 Å². The summed E-state index contributed by atoms with van der Waals surface area (Å²) >= 11 is 0. The molecule has 0 heterocycles. The number of rotatable bonds is 45. The number of hydrogen-bond donors (Lipinski definition) is 0. The van der Waals surface area contributed by atoms with E-state index >= 15 is 0 Å². The maximum absolute atomic E-state index is 12.7. The third kappa shape index (κ3) is 44.4. The molecule has 0 aromatic rings. The van der Waals surface area contributed by atoms with Gasteiger partial charge in [-0.25, -0.2) is 0 Å². The molecule has 9 heteroatoms. The molecular formula is C46H94NO7P. The highest BCUT2D eigenvalue weighted by atomic mass is 31.2. The van der Waals surface area contributed by atoms with Crippen molar-refractivity contribution in [3.8, 4) is 0 Å². The second-order valence-corrected chi connectivity index (χ2v) is 18.9. The van der Waals surface area contributed by atoms with E-state index < -0.39 is 13.9 Å². The number of phosphoric acid groups is 1. The fraction of sp³-hybridized carbons (Fsp3) is 0.978. The number of ether oxygens (including phenoxy) is 2. The molecule has 0 aliphatic carbocycles. The molecule has 0 saturated carbocycles. The van der Waals surface area contributed by atoms with E-state index in [9.17, 15) is 14.3 Å². The predicted octanol–water partition coefficient (Wildman–Crippen LogP) is 13.4. The molecule has 0 rings (SSSR count). The van der Waals surface area contributed by atoms with E-state index in [-0.39, 0.29) is 25.8 Å². The molecule has 0 aliphatic heterocycles. The second kappa shape index (κ2) is 40.3. The lowest BCUT2D eigenvalue weighted by atomic mass is 10.0. The monoisotopic (exact) mass is 804 g/mol. The van der Waals surface area contributed by atoms with Gasteiger partial charge >= 0.3 is 5.97 Å². The molecule has 0 aromatic carbocycles. The van der Waals surface area contributed by atoms with Gasteiger partial charge in [-0.05, 0) is 12.8 Å².